The molecule has 34 heavy (non-hydrogen) atoms. The zero-order chi connectivity index (χ0) is 24.2. The standard InChI is InChI=1S/C24H27N5O5/c1-25-24-21(23-27-17-7-5-6-8-18(17)28-23)22(31)19(12-26-20(30)13-32-2)29(24)14-9-15(33-3)11-16(10-14)34-4/h5-11,19,25H,12-13H2,1-4H3,(H,26,30)(H,27,28)/t19-/m0/s1. The summed E-state index contributed by atoms with van der Waals surface area (Å²) in [7, 11) is 6.30. The number of rotatable bonds is 9. The molecule has 1 amide bonds. The second-order valence-electron chi connectivity index (χ2n) is 7.63. The number of carbonyl (C=O) groups is 2. The largest absolute Gasteiger partial charge is 0.497 e. The number of methoxy groups -OCH3 is 3. The number of carbonyl (C=O) groups excluding carboxylic acids is 2. The summed E-state index contributed by atoms with van der Waals surface area (Å²) in [6.07, 6.45) is 0. The van der Waals surface area contributed by atoms with Crippen LogP contribution in [-0.4, -0.2) is 69.2 Å². The molecule has 178 valence electrons. The Balaban J connectivity index is 1.83. The Morgan fingerprint density at radius 2 is 1.82 bits per heavy atom. The van der Waals surface area contributed by atoms with Crippen LogP contribution in [0.15, 0.2) is 48.3 Å². The Bertz CT molecular complexity index is 1200. The maximum atomic E-state index is 13.8. The fourth-order valence-electron chi connectivity index (χ4n) is 4.04. The molecule has 2 aromatic carbocycles. The number of Topliss-reactive ketones (excluding diaryl/α,β-unsaturated/α-hetero) is 1. The Hall–Kier alpha value is -4.05. The van der Waals surface area contributed by atoms with Gasteiger partial charge in [-0.05, 0) is 12.1 Å². The van der Waals surface area contributed by atoms with Gasteiger partial charge in [0.15, 0.2) is 5.78 Å². The van der Waals surface area contributed by atoms with Gasteiger partial charge in [-0.25, -0.2) is 4.98 Å². The second-order valence-corrected chi connectivity index (χ2v) is 7.63. The van der Waals surface area contributed by atoms with E-state index < -0.39 is 6.04 Å². The molecule has 1 atom stereocenters. The van der Waals surface area contributed by atoms with Crippen LogP contribution in [0.3, 0.4) is 0 Å². The van der Waals surface area contributed by atoms with Crippen molar-refractivity contribution >= 4 is 34.0 Å². The topological polar surface area (TPSA) is 118 Å². The lowest BCUT2D eigenvalue weighted by atomic mass is 10.1. The quantitative estimate of drug-likeness (QED) is 0.437. The van der Waals surface area contributed by atoms with Crippen LogP contribution in [-0.2, 0) is 14.3 Å². The van der Waals surface area contributed by atoms with Crippen molar-refractivity contribution in [1.29, 1.82) is 0 Å². The van der Waals surface area contributed by atoms with E-state index in [1.54, 1.807) is 39.5 Å². The number of anilines is 1. The van der Waals surface area contributed by atoms with Crippen LogP contribution in [0.4, 0.5) is 5.69 Å². The number of hydrogen-bond donors (Lipinski definition) is 3. The van der Waals surface area contributed by atoms with Crippen molar-refractivity contribution in [3.63, 3.8) is 0 Å². The molecule has 10 heteroatoms. The molecule has 0 fully saturated rings. The number of nitrogens with one attached hydrogen (secondary N) is 3. The summed E-state index contributed by atoms with van der Waals surface area (Å²) < 4.78 is 15.8. The Kier molecular flexibility index (Phi) is 6.69. The third kappa shape index (κ3) is 4.27. The zero-order valence-corrected chi connectivity index (χ0v) is 19.5. The van der Waals surface area contributed by atoms with Gasteiger partial charge in [0.1, 0.15) is 41.4 Å². The number of amides is 1. The number of ether oxygens (including phenoxy) is 3. The van der Waals surface area contributed by atoms with E-state index in [-0.39, 0.29) is 24.8 Å². The maximum Gasteiger partial charge on any atom is 0.246 e. The fourth-order valence-corrected chi connectivity index (χ4v) is 4.04. The summed E-state index contributed by atoms with van der Waals surface area (Å²) in [5, 5.41) is 5.94. The number of H-pyrrole nitrogens is 1. The predicted octanol–water partition coefficient (Wildman–Crippen LogP) is 1.69. The van der Waals surface area contributed by atoms with Gasteiger partial charge < -0.3 is 34.7 Å². The van der Waals surface area contributed by atoms with Gasteiger partial charge in [0.05, 0.1) is 30.9 Å². The number of benzene rings is 2. The van der Waals surface area contributed by atoms with Crippen molar-refractivity contribution in [1.82, 2.24) is 20.6 Å². The van der Waals surface area contributed by atoms with Crippen molar-refractivity contribution < 1.29 is 23.8 Å². The summed E-state index contributed by atoms with van der Waals surface area (Å²) >= 11 is 0. The molecular weight excluding hydrogens is 438 g/mol. The molecule has 0 aliphatic carbocycles. The fraction of sp³-hybridized carbons (Fsp3) is 0.292. The normalized spacial score (nSPS) is 15.7. The molecule has 4 rings (SSSR count). The van der Waals surface area contributed by atoms with Gasteiger partial charge in [-0.3, -0.25) is 9.59 Å². The number of nitrogens with zero attached hydrogens (tertiary/aromatic N) is 2. The lowest BCUT2D eigenvalue weighted by molar-refractivity contribution is -0.124. The first-order chi connectivity index (χ1) is 16.5. The molecular formula is C24H27N5O5. The molecule has 2 heterocycles. The first-order valence-electron chi connectivity index (χ1n) is 10.7. The predicted molar refractivity (Wildman–Crippen MR) is 128 cm³/mol. The van der Waals surface area contributed by atoms with Crippen LogP contribution in [0.1, 0.15) is 5.82 Å². The first kappa shape index (κ1) is 23.1. The molecule has 1 aromatic heterocycles. The van der Waals surface area contributed by atoms with Gasteiger partial charge in [0, 0.05) is 38.9 Å². The van der Waals surface area contributed by atoms with Crippen LogP contribution >= 0.6 is 0 Å². The van der Waals surface area contributed by atoms with E-state index in [1.807, 2.05) is 29.2 Å². The van der Waals surface area contributed by atoms with Crippen LogP contribution in [0, 0.1) is 0 Å². The van der Waals surface area contributed by atoms with E-state index >= 15 is 0 Å². The van der Waals surface area contributed by atoms with E-state index in [4.69, 9.17) is 14.2 Å². The minimum absolute atomic E-state index is 0.0649. The summed E-state index contributed by atoms with van der Waals surface area (Å²) in [6.45, 7) is -0.0356. The third-order valence-corrected chi connectivity index (χ3v) is 5.58. The zero-order valence-electron chi connectivity index (χ0n) is 19.5. The van der Waals surface area contributed by atoms with E-state index in [9.17, 15) is 9.59 Å². The van der Waals surface area contributed by atoms with Gasteiger partial charge in [-0.1, -0.05) is 12.1 Å². The number of ketones is 1. The number of para-hydroxylation sites is 2. The van der Waals surface area contributed by atoms with Gasteiger partial charge >= 0.3 is 0 Å². The average molecular weight is 466 g/mol. The van der Waals surface area contributed by atoms with Crippen molar-refractivity contribution in [3.8, 4) is 11.5 Å². The molecule has 10 nitrogen and oxygen atoms in total. The average Bonchev–Trinajstić information content (AvgIpc) is 3.40. The highest BCUT2D eigenvalue weighted by atomic mass is 16.5. The van der Waals surface area contributed by atoms with Crippen molar-refractivity contribution in [2.24, 2.45) is 0 Å². The molecule has 1 aliphatic heterocycles. The molecule has 1 aliphatic rings. The van der Waals surface area contributed by atoms with Crippen LogP contribution in [0.25, 0.3) is 16.6 Å². The Labute approximate surface area is 196 Å². The van der Waals surface area contributed by atoms with Crippen molar-refractivity contribution in [3.05, 3.63) is 54.1 Å². The van der Waals surface area contributed by atoms with Gasteiger partial charge in [-0.2, -0.15) is 0 Å². The smallest absolute Gasteiger partial charge is 0.246 e. The van der Waals surface area contributed by atoms with E-state index in [0.717, 1.165) is 11.0 Å². The monoisotopic (exact) mass is 465 g/mol. The minimum Gasteiger partial charge on any atom is -0.497 e. The van der Waals surface area contributed by atoms with Crippen LogP contribution < -0.4 is 25.0 Å². The molecule has 0 saturated heterocycles. The third-order valence-electron chi connectivity index (χ3n) is 5.58. The molecule has 0 bridgehead atoms. The second kappa shape index (κ2) is 9.84. The molecule has 0 radical (unpaired) electrons. The molecule has 3 N–H and O–H groups in total. The van der Waals surface area contributed by atoms with Crippen LogP contribution in [0.5, 0.6) is 11.5 Å². The number of aromatic nitrogens is 2. The SMILES string of the molecule is CNC1=C(c2nc3ccccc3[nH]2)C(=O)[C@H](CNC(=O)COC)N1c1cc(OC)cc(OC)c1. The Morgan fingerprint density at radius 3 is 2.44 bits per heavy atom. The number of hydrogen-bond acceptors (Lipinski definition) is 8. The van der Waals surface area contributed by atoms with E-state index in [0.29, 0.717) is 34.4 Å². The van der Waals surface area contributed by atoms with Gasteiger partial charge in [-0.15, -0.1) is 0 Å². The summed E-state index contributed by atoms with van der Waals surface area (Å²) in [6, 6.07) is 12.2. The minimum atomic E-state index is -0.733. The van der Waals surface area contributed by atoms with E-state index in [1.165, 1.54) is 7.11 Å². The maximum absolute atomic E-state index is 13.8. The van der Waals surface area contributed by atoms with Gasteiger partial charge in [0.2, 0.25) is 5.91 Å². The first-order valence-corrected chi connectivity index (χ1v) is 10.7. The van der Waals surface area contributed by atoms with Crippen molar-refractivity contribution in [2.45, 2.75) is 6.04 Å². The number of imidazole rings is 1. The summed E-state index contributed by atoms with van der Waals surface area (Å²) in [5.41, 5.74) is 2.62. The van der Waals surface area contributed by atoms with Gasteiger partial charge in [0.25, 0.3) is 0 Å². The number of aromatic amines is 1. The lowest BCUT2D eigenvalue weighted by Crippen LogP contribution is -2.46. The van der Waals surface area contributed by atoms with E-state index in [2.05, 4.69) is 20.6 Å². The highest BCUT2D eigenvalue weighted by Crippen LogP contribution is 2.38. The Morgan fingerprint density at radius 1 is 1.12 bits per heavy atom. The summed E-state index contributed by atoms with van der Waals surface area (Å²) in [5.74, 6) is 1.62. The highest BCUT2D eigenvalue weighted by Gasteiger charge is 2.42. The molecule has 0 saturated carbocycles. The summed E-state index contributed by atoms with van der Waals surface area (Å²) in [4.78, 5) is 35.6. The number of fused-ring (bicyclic) bond motifs is 1. The molecule has 0 unspecified atom stereocenters. The lowest BCUT2D eigenvalue weighted by Gasteiger charge is -2.29. The molecule has 0 spiro atoms. The van der Waals surface area contributed by atoms with Crippen LogP contribution in [0.2, 0.25) is 0 Å². The molecule has 3 aromatic rings. The highest BCUT2D eigenvalue weighted by molar-refractivity contribution is 6.28. The van der Waals surface area contributed by atoms with Crippen molar-refractivity contribution in [2.75, 3.05) is 46.4 Å².